The second-order valence-corrected chi connectivity index (χ2v) is 8.57. The van der Waals surface area contributed by atoms with Crippen molar-refractivity contribution in [1.29, 1.82) is 0 Å². The van der Waals surface area contributed by atoms with E-state index in [-0.39, 0.29) is 11.5 Å². The van der Waals surface area contributed by atoms with Gasteiger partial charge in [0.05, 0.1) is 11.7 Å². The van der Waals surface area contributed by atoms with Crippen LogP contribution in [0.3, 0.4) is 0 Å². The van der Waals surface area contributed by atoms with Crippen LogP contribution in [0.2, 0.25) is 0 Å². The molecule has 1 amide bonds. The molecule has 32 heavy (non-hydrogen) atoms. The zero-order valence-electron chi connectivity index (χ0n) is 19.4. The van der Waals surface area contributed by atoms with Gasteiger partial charge in [-0.25, -0.2) is 4.68 Å². The van der Waals surface area contributed by atoms with E-state index in [1.807, 2.05) is 35.8 Å². The van der Waals surface area contributed by atoms with Gasteiger partial charge in [0.1, 0.15) is 11.6 Å². The number of likely N-dealkylation sites (N-methyl/N-ethyl adjacent to an activating group) is 1. The predicted molar refractivity (Wildman–Crippen MR) is 128 cm³/mol. The van der Waals surface area contributed by atoms with E-state index in [4.69, 9.17) is 0 Å². The van der Waals surface area contributed by atoms with Crippen LogP contribution in [0.4, 0.5) is 0 Å². The minimum atomic E-state index is -0.444. The molecule has 1 aromatic carbocycles. The van der Waals surface area contributed by atoms with Crippen LogP contribution in [0.15, 0.2) is 35.3 Å². The van der Waals surface area contributed by atoms with Crippen LogP contribution in [0, 0.1) is 0 Å². The summed E-state index contributed by atoms with van der Waals surface area (Å²) in [5, 5.41) is 9.06. The number of hydrogen-bond acceptors (Lipinski definition) is 5. The Morgan fingerprint density at radius 2 is 1.81 bits per heavy atom. The van der Waals surface area contributed by atoms with Gasteiger partial charge in [0.25, 0.3) is 5.56 Å². The van der Waals surface area contributed by atoms with Gasteiger partial charge < -0.3 is 19.7 Å². The van der Waals surface area contributed by atoms with E-state index in [9.17, 15) is 9.59 Å². The molecule has 1 aliphatic rings. The molecule has 1 atom stereocenters. The minimum Gasteiger partial charge on any atom is -0.354 e. The summed E-state index contributed by atoms with van der Waals surface area (Å²) in [4.78, 5) is 31.1. The Hall–Kier alpha value is -2.71. The maximum atomic E-state index is 13.2. The van der Waals surface area contributed by atoms with Gasteiger partial charge in [-0.05, 0) is 32.0 Å². The fraction of sp³-hybridized carbons (Fsp3) is 0.542. The van der Waals surface area contributed by atoms with Gasteiger partial charge in [-0.2, -0.15) is 5.10 Å². The molecule has 8 heteroatoms. The molecule has 0 bridgehead atoms. The number of piperazine rings is 1. The highest BCUT2D eigenvalue weighted by Crippen LogP contribution is 2.30. The second-order valence-electron chi connectivity index (χ2n) is 8.57. The molecule has 1 aliphatic heterocycles. The van der Waals surface area contributed by atoms with E-state index in [0.29, 0.717) is 18.5 Å². The summed E-state index contributed by atoms with van der Waals surface area (Å²) in [6.07, 6.45) is 3.25. The summed E-state index contributed by atoms with van der Waals surface area (Å²) in [5.41, 5.74) is 1.25. The first-order valence-corrected chi connectivity index (χ1v) is 11.7. The molecule has 1 saturated heterocycles. The molecular weight excluding hydrogens is 404 g/mol. The van der Waals surface area contributed by atoms with E-state index < -0.39 is 6.04 Å². The summed E-state index contributed by atoms with van der Waals surface area (Å²) in [6.45, 7) is 11.4. The molecule has 0 radical (unpaired) electrons. The number of amides is 1. The lowest BCUT2D eigenvalue weighted by atomic mass is 10.2. The number of nitrogens with one attached hydrogen (secondary N) is 1. The Balaban J connectivity index is 1.49. The third kappa shape index (κ3) is 4.29. The second kappa shape index (κ2) is 9.83. The SMILES string of the molecule is CCC(C(=O)NCCCN1CCN(CC)CC1)n1c2ccccc2c2cnn(C)c(=O)c21. The zero-order valence-corrected chi connectivity index (χ0v) is 19.4. The Morgan fingerprint density at radius 1 is 1.09 bits per heavy atom. The van der Waals surface area contributed by atoms with Gasteiger partial charge in [0, 0.05) is 50.5 Å². The first-order valence-electron chi connectivity index (χ1n) is 11.7. The highest BCUT2D eigenvalue weighted by Gasteiger charge is 2.25. The molecule has 3 aromatic rings. The van der Waals surface area contributed by atoms with E-state index in [2.05, 4.69) is 27.1 Å². The van der Waals surface area contributed by atoms with Crippen molar-refractivity contribution in [2.24, 2.45) is 7.05 Å². The first kappa shape index (κ1) is 22.5. The molecule has 0 spiro atoms. The summed E-state index contributed by atoms with van der Waals surface area (Å²) in [5.74, 6) is -0.0372. The molecule has 3 heterocycles. The summed E-state index contributed by atoms with van der Waals surface area (Å²) < 4.78 is 3.24. The summed E-state index contributed by atoms with van der Waals surface area (Å²) in [7, 11) is 1.64. The zero-order chi connectivity index (χ0) is 22.7. The van der Waals surface area contributed by atoms with Gasteiger partial charge in [0.2, 0.25) is 5.91 Å². The monoisotopic (exact) mass is 438 g/mol. The minimum absolute atomic E-state index is 0.0372. The van der Waals surface area contributed by atoms with Crippen molar-refractivity contribution in [2.45, 2.75) is 32.7 Å². The molecule has 1 fully saturated rings. The summed E-state index contributed by atoms with van der Waals surface area (Å²) in [6, 6.07) is 7.41. The number of aryl methyl sites for hydroxylation is 1. The van der Waals surface area contributed by atoms with Crippen LogP contribution >= 0.6 is 0 Å². The first-order chi connectivity index (χ1) is 15.5. The quantitative estimate of drug-likeness (QED) is 0.545. The molecule has 0 aliphatic carbocycles. The van der Waals surface area contributed by atoms with Crippen molar-refractivity contribution in [2.75, 3.05) is 45.8 Å². The Labute approximate surface area is 188 Å². The maximum Gasteiger partial charge on any atom is 0.291 e. The average molecular weight is 439 g/mol. The number of carbonyl (C=O) groups is 1. The number of fused-ring (bicyclic) bond motifs is 3. The van der Waals surface area contributed by atoms with Gasteiger partial charge in [-0.3, -0.25) is 9.59 Å². The van der Waals surface area contributed by atoms with Crippen molar-refractivity contribution in [3.05, 3.63) is 40.8 Å². The Bertz CT molecular complexity index is 1140. The third-order valence-corrected chi connectivity index (χ3v) is 6.67. The van der Waals surface area contributed by atoms with Crippen LogP contribution in [-0.4, -0.2) is 75.9 Å². The number of nitrogens with zero attached hydrogens (tertiary/aromatic N) is 5. The van der Waals surface area contributed by atoms with E-state index in [1.165, 1.54) is 4.68 Å². The van der Waals surface area contributed by atoms with Crippen molar-refractivity contribution < 1.29 is 4.79 Å². The van der Waals surface area contributed by atoms with Gasteiger partial charge in [0.15, 0.2) is 0 Å². The van der Waals surface area contributed by atoms with Crippen LogP contribution in [-0.2, 0) is 11.8 Å². The Morgan fingerprint density at radius 3 is 2.53 bits per heavy atom. The van der Waals surface area contributed by atoms with Crippen LogP contribution in [0.5, 0.6) is 0 Å². The smallest absolute Gasteiger partial charge is 0.291 e. The van der Waals surface area contributed by atoms with Crippen molar-refractivity contribution in [3.63, 3.8) is 0 Å². The average Bonchev–Trinajstić information content (AvgIpc) is 3.15. The fourth-order valence-corrected chi connectivity index (χ4v) is 4.76. The molecule has 172 valence electrons. The van der Waals surface area contributed by atoms with Crippen LogP contribution < -0.4 is 10.9 Å². The Kier molecular flexibility index (Phi) is 6.91. The van der Waals surface area contributed by atoms with Crippen LogP contribution in [0.1, 0.15) is 32.7 Å². The molecule has 0 saturated carbocycles. The van der Waals surface area contributed by atoms with Crippen molar-refractivity contribution >= 4 is 27.7 Å². The fourth-order valence-electron chi connectivity index (χ4n) is 4.76. The lowest BCUT2D eigenvalue weighted by Gasteiger charge is -2.34. The largest absolute Gasteiger partial charge is 0.354 e. The molecule has 1 unspecified atom stereocenters. The van der Waals surface area contributed by atoms with Crippen molar-refractivity contribution in [1.82, 2.24) is 29.5 Å². The number of aromatic nitrogens is 3. The van der Waals surface area contributed by atoms with E-state index >= 15 is 0 Å². The third-order valence-electron chi connectivity index (χ3n) is 6.67. The van der Waals surface area contributed by atoms with E-state index in [1.54, 1.807) is 13.2 Å². The van der Waals surface area contributed by atoms with Gasteiger partial charge in [-0.15, -0.1) is 0 Å². The molecule has 4 rings (SSSR count). The van der Waals surface area contributed by atoms with Crippen molar-refractivity contribution in [3.8, 4) is 0 Å². The van der Waals surface area contributed by atoms with Gasteiger partial charge >= 0.3 is 0 Å². The lowest BCUT2D eigenvalue weighted by Crippen LogP contribution is -2.46. The molecule has 2 aromatic heterocycles. The van der Waals surface area contributed by atoms with E-state index in [0.717, 1.165) is 62.0 Å². The topological polar surface area (TPSA) is 75.4 Å². The number of carbonyl (C=O) groups excluding carboxylic acids is 1. The normalized spacial score (nSPS) is 16.6. The number of para-hydroxylation sites is 1. The highest BCUT2D eigenvalue weighted by atomic mass is 16.2. The highest BCUT2D eigenvalue weighted by molar-refractivity contribution is 6.08. The summed E-state index contributed by atoms with van der Waals surface area (Å²) >= 11 is 0. The van der Waals surface area contributed by atoms with Gasteiger partial charge in [-0.1, -0.05) is 32.0 Å². The maximum absolute atomic E-state index is 13.2. The predicted octanol–water partition coefficient (Wildman–Crippen LogP) is 1.98. The molecular formula is C24H34N6O2. The number of hydrogen-bond donors (Lipinski definition) is 1. The molecule has 1 N–H and O–H groups in total. The van der Waals surface area contributed by atoms with Crippen LogP contribution in [0.25, 0.3) is 21.8 Å². The number of rotatable bonds is 8. The lowest BCUT2D eigenvalue weighted by molar-refractivity contribution is -0.124. The molecule has 8 nitrogen and oxygen atoms in total. The number of benzene rings is 1. The standard InChI is InChI=1S/C24H34N6O2/c1-4-20(23(31)25-11-8-12-29-15-13-28(5-2)14-16-29)30-21-10-7-6-9-18(21)19-17-26-27(3)24(32)22(19)30/h6-7,9-10,17,20H,4-5,8,11-16H2,1-3H3,(H,25,31).